The molecule has 0 amide bonds. The predicted octanol–water partition coefficient (Wildman–Crippen LogP) is 9.46. The summed E-state index contributed by atoms with van der Waals surface area (Å²) in [5.74, 6) is 1.97. The van der Waals surface area contributed by atoms with Gasteiger partial charge in [-0.1, -0.05) is 76.9 Å². The van der Waals surface area contributed by atoms with Gasteiger partial charge in [0.15, 0.2) is 5.88 Å². The molecular formula is C33H57N3O. The second-order valence-electron chi connectivity index (χ2n) is 9.24. The highest BCUT2D eigenvalue weighted by Gasteiger charge is 2.08. The minimum absolute atomic E-state index is 0.575. The molecule has 1 atom stereocenters. The quantitative estimate of drug-likeness (QED) is 0.196. The van der Waals surface area contributed by atoms with Crippen LogP contribution >= 0.6 is 0 Å². The van der Waals surface area contributed by atoms with Crippen molar-refractivity contribution in [2.24, 2.45) is 17.6 Å². The molecular weight excluding hydrogens is 454 g/mol. The van der Waals surface area contributed by atoms with Crippen molar-refractivity contribution in [2.75, 3.05) is 23.8 Å². The van der Waals surface area contributed by atoms with E-state index in [-0.39, 0.29) is 0 Å². The summed E-state index contributed by atoms with van der Waals surface area (Å²) in [6, 6.07) is 14.8. The minimum Gasteiger partial charge on any atom is -0.480 e. The van der Waals surface area contributed by atoms with Crippen LogP contribution in [0.4, 0.5) is 11.4 Å². The summed E-state index contributed by atoms with van der Waals surface area (Å²) in [6.07, 6.45) is 2.32. The van der Waals surface area contributed by atoms with Crippen molar-refractivity contribution in [2.45, 2.75) is 88.6 Å². The van der Waals surface area contributed by atoms with Crippen LogP contribution in [0.1, 0.15) is 84.9 Å². The van der Waals surface area contributed by atoms with Crippen LogP contribution in [0.15, 0.2) is 67.1 Å². The number of hydrogen-bond acceptors (Lipinski definition) is 4. The zero-order valence-electron chi connectivity index (χ0n) is 25.6. The van der Waals surface area contributed by atoms with Crippen LogP contribution in [0.25, 0.3) is 0 Å². The number of ether oxygens (including phenoxy) is 1. The maximum atomic E-state index is 5.63. The largest absolute Gasteiger partial charge is 0.480 e. The lowest BCUT2D eigenvalue weighted by molar-refractivity contribution is 0.236. The molecule has 0 saturated heterocycles. The van der Waals surface area contributed by atoms with Crippen molar-refractivity contribution in [1.29, 1.82) is 0 Å². The van der Waals surface area contributed by atoms with Crippen molar-refractivity contribution >= 4 is 11.4 Å². The van der Waals surface area contributed by atoms with E-state index in [1.54, 1.807) is 0 Å². The molecule has 0 saturated carbocycles. The van der Waals surface area contributed by atoms with Crippen LogP contribution in [0.2, 0.25) is 0 Å². The first-order valence-electron chi connectivity index (χ1n) is 14.0. The van der Waals surface area contributed by atoms with E-state index in [0.29, 0.717) is 18.4 Å². The lowest BCUT2D eigenvalue weighted by Crippen LogP contribution is -2.16. The van der Waals surface area contributed by atoms with Crippen LogP contribution in [0.3, 0.4) is 0 Å². The molecule has 37 heavy (non-hydrogen) atoms. The van der Waals surface area contributed by atoms with Gasteiger partial charge in [-0.25, -0.2) is 0 Å². The minimum atomic E-state index is 0.575. The van der Waals surface area contributed by atoms with Crippen molar-refractivity contribution in [1.82, 2.24) is 0 Å². The Morgan fingerprint density at radius 2 is 1.57 bits per heavy atom. The summed E-state index contributed by atoms with van der Waals surface area (Å²) in [5, 5.41) is 6.62. The monoisotopic (exact) mass is 511 g/mol. The van der Waals surface area contributed by atoms with E-state index in [0.717, 1.165) is 42.4 Å². The maximum absolute atomic E-state index is 5.63. The molecule has 0 fully saturated rings. The molecule has 2 rings (SSSR count). The van der Waals surface area contributed by atoms with Crippen molar-refractivity contribution in [3.05, 3.63) is 83.8 Å². The maximum Gasteiger partial charge on any atom is 0.183 e. The zero-order chi connectivity index (χ0) is 28.8. The molecule has 0 radical (unpaired) electrons. The molecule has 0 aliphatic carbocycles. The molecule has 210 valence electrons. The van der Waals surface area contributed by atoms with Crippen molar-refractivity contribution < 1.29 is 4.74 Å². The predicted molar refractivity (Wildman–Crippen MR) is 168 cm³/mol. The highest BCUT2D eigenvalue weighted by Crippen LogP contribution is 2.22. The summed E-state index contributed by atoms with van der Waals surface area (Å²) >= 11 is 0. The molecule has 2 aromatic rings. The average molecular weight is 512 g/mol. The summed E-state index contributed by atoms with van der Waals surface area (Å²) in [7, 11) is 0. The SMILES string of the molecule is C=C(C)C[C@@H](CN)CC(C)C.C=C(Nc1ccc(NCc2ccc(C)cc2)cc1C)OCC.CC.CC. The lowest BCUT2D eigenvalue weighted by Gasteiger charge is -2.16. The van der Waals surface area contributed by atoms with E-state index in [4.69, 9.17) is 10.5 Å². The number of hydrogen-bond donors (Lipinski definition) is 3. The Morgan fingerprint density at radius 1 is 0.973 bits per heavy atom. The number of nitrogens with two attached hydrogens (primary N) is 1. The van der Waals surface area contributed by atoms with Gasteiger partial charge in [0.2, 0.25) is 0 Å². The number of anilines is 2. The summed E-state index contributed by atoms with van der Waals surface area (Å²) in [6.45, 7) is 30.6. The Bertz CT molecular complexity index is 856. The average Bonchev–Trinajstić information content (AvgIpc) is 2.87. The Hall–Kier alpha value is -2.72. The number of allylic oxidation sites excluding steroid dienone is 1. The summed E-state index contributed by atoms with van der Waals surface area (Å²) in [5.41, 5.74) is 12.7. The molecule has 0 heterocycles. The molecule has 4 N–H and O–H groups in total. The first-order valence-corrected chi connectivity index (χ1v) is 14.0. The van der Waals surface area contributed by atoms with Gasteiger partial charge in [0.05, 0.1) is 6.61 Å². The normalized spacial score (nSPS) is 10.4. The van der Waals surface area contributed by atoms with Gasteiger partial charge in [-0.15, -0.1) is 6.58 Å². The van der Waals surface area contributed by atoms with Gasteiger partial charge < -0.3 is 21.1 Å². The van der Waals surface area contributed by atoms with Crippen molar-refractivity contribution in [3.8, 4) is 0 Å². The second-order valence-corrected chi connectivity index (χ2v) is 9.24. The van der Waals surface area contributed by atoms with E-state index in [9.17, 15) is 0 Å². The number of nitrogens with one attached hydrogen (secondary N) is 2. The van der Waals surface area contributed by atoms with Crippen LogP contribution < -0.4 is 16.4 Å². The third-order valence-corrected chi connectivity index (χ3v) is 5.21. The fraction of sp³-hybridized carbons (Fsp3) is 0.515. The van der Waals surface area contributed by atoms with Gasteiger partial charge in [-0.3, -0.25) is 0 Å². The Balaban J connectivity index is 0. The van der Waals surface area contributed by atoms with E-state index in [1.807, 2.05) is 40.7 Å². The topological polar surface area (TPSA) is 59.3 Å². The van der Waals surface area contributed by atoms with Gasteiger partial charge in [0, 0.05) is 17.9 Å². The standard InChI is InChI=1S/C19H24N2O.C10H21N.2C2H6/c1-5-22-16(4)21-19-11-10-18(12-15(19)3)20-13-17-8-6-14(2)7-9-17;1-8(2)5-10(7-11)6-9(3)4;2*1-2/h6-12,20-21H,4-5,13H2,1-3H3;9-10H,1,5-7,11H2,2-4H3;2*1-2H3/t;10-;;/m.1../s1. The fourth-order valence-corrected chi connectivity index (χ4v) is 3.61. The van der Waals surface area contributed by atoms with Gasteiger partial charge >= 0.3 is 0 Å². The first kappa shape index (κ1) is 36.4. The Kier molecular flexibility index (Phi) is 22.1. The molecule has 0 spiro atoms. The fourth-order valence-electron chi connectivity index (χ4n) is 3.61. The van der Waals surface area contributed by atoms with Crippen LogP contribution in [-0.4, -0.2) is 13.2 Å². The lowest BCUT2D eigenvalue weighted by atomic mass is 9.92. The first-order chi connectivity index (χ1) is 17.6. The van der Waals surface area contributed by atoms with Crippen LogP contribution in [0, 0.1) is 25.7 Å². The third kappa shape index (κ3) is 18.2. The van der Waals surface area contributed by atoms with Gasteiger partial charge in [-0.2, -0.15) is 0 Å². The third-order valence-electron chi connectivity index (χ3n) is 5.21. The van der Waals surface area contributed by atoms with Gasteiger partial charge in [-0.05, 0) is 94.8 Å². The molecule has 0 aromatic heterocycles. The molecule has 4 heteroatoms. The molecule has 0 aliphatic heterocycles. The van der Waals surface area contributed by atoms with E-state index < -0.39 is 0 Å². The zero-order valence-corrected chi connectivity index (χ0v) is 25.6. The van der Waals surface area contributed by atoms with E-state index >= 15 is 0 Å². The van der Waals surface area contributed by atoms with Crippen LogP contribution in [-0.2, 0) is 11.3 Å². The number of benzene rings is 2. The van der Waals surface area contributed by atoms with Gasteiger partial charge in [0.25, 0.3) is 0 Å². The Labute approximate surface area is 229 Å². The van der Waals surface area contributed by atoms with Gasteiger partial charge in [0.1, 0.15) is 0 Å². The highest BCUT2D eigenvalue weighted by molar-refractivity contribution is 5.60. The second kappa shape index (κ2) is 22.5. The van der Waals surface area contributed by atoms with E-state index in [2.05, 4.69) is 94.8 Å². The molecule has 0 unspecified atom stereocenters. The smallest absolute Gasteiger partial charge is 0.183 e. The number of rotatable bonds is 12. The van der Waals surface area contributed by atoms with Crippen LogP contribution in [0.5, 0.6) is 0 Å². The highest BCUT2D eigenvalue weighted by atomic mass is 16.5. The van der Waals surface area contributed by atoms with E-state index in [1.165, 1.54) is 23.1 Å². The Morgan fingerprint density at radius 3 is 2.03 bits per heavy atom. The molecule has 0 bridgehead atoms. The molecule has 0 aliphatic rings. The summed E-state index contributed by atoms with van der Waals surface area (Å²) in [4.78, 5) is 0. The molecule has 4 nitrogen and oxygen atoms in total. The number of aryl methyl sites for hydroxylation is 2. The summed E-state index contributed by atoms with van der Waals surface area (Å²) < 4.78 is 5.32. The van der Waals surface area contributed by atoms with Crippen molar-refractivity contribution in [3.63, 3.8) is 0 Å². The molecule has 2 aromatic carbocycles.